The number of sulfone groups is 1. The number of nitrogens with one attached hydrogen (secondary N) is 1. The molecule has 0 aliphatic carbocycles. The molecule has 1 amide bonds. The maximum Gasteiger partial charge on any atom is 0.283 e. The van der Waals surface area contributed by atoms with Crippen LogP contribution in [0.3, 0.4) is 0 Å². The van der Waals surface area contributed by atoms with Crippen molar-refractivity contribution >= 4 is 59.7 Å². The van der Waals surface area contributed by atoms with E-state index in [9.17, 15) is 13.2 Å². The number of rotatable bonds is 2. The Kier molecular flexibility index (Phi) is 4.87. The van der Waals surface area contributed by atoms with E-state index in [0.29, 0.717) is 0 Å². The summed E-state index contributed by atoms with van der Waals surface area (Å²) in [6, 6.07) is 16.3. The standard InChI is InChI=1S/C23H19N5O3S2/c1-13-10-17(14(2)27(13)18-9-8-15-6-4-5-7-16(15)11-18)12-19-20(24)28-22(25-21(19)29)32-23(26-28)33(3,30)31/h4-12,24H,1-3H3/b19-12+,24-20?. The lowest BCUT2D eigenvalue weighted by Crippen LogP contribution is -2.35. The van der Waals surface area contributed by atoms with Crippen molar-refractivity contribution in [1.29, 1.82) is 5.41 Å². The second-order valence-electron chi connectivity index (χ2n) is 7.85. The number of carbonyl (C=O) groups is 1. The highest BCUT2D eigenvalue weighted by Crippen LogP contribution is 2.31. The number of fused-ring (bicyclic) bond motifs is 2. The average Bonchev–Trinajstić information content (AvgIpc) is 3.31. The molecule has 0 fully saturated rings. The van der Waals surface area contributed by atoms with Crippen LogP contribution in [0.5, 0.6) is 0 Å². The van der Waals surface area contributed by atoms with Crippen LogP contribution in [-0.2, 0) is 14.6 Å². The molecule has 2 aromatic carbocycles. The number of aromatic nitrogens is 1. The molecule has 2 aliphatic heterocycles. The highest BCUT2D eigenvalue weighted by Gasteiger charge is 2.38. The molecule has 0 saturated carbocycles. The Bertz CT molecular complexity index is 1580. The van der Waals surface area contributed by atoms with Crippen LogP contribution in [0.25, 0.3) is 22.5 Å². The van der Waals surface area contributed by atoms with Crippen molar-refractivity contribution in [2.24, 2.45) is 10.1 Å². The number of hydrogen-bond acceptors (Lipinski definition) is 6. The molecule has 166 valence electrons. The van der Waals surface area contributed by atoms with E-state index in [1.54, 1.807) is 6.08 Å². The molecule has 10 heteroatoms. The van der Waals surface area contributed by atoms with Gasteiger partial charge in [0.1, 0.15) is 0 Å². The number of carbonyl (C=O) groups excluding carboxylic acids is 1. The zero-order valence-corrected chi connectivity index (χ0v) is 19.7. The summed E-state index contributed by atoms with van der Waals surface area (Å²) in [5, 5.41) is 15.9. The summed E-state index contributed by atoms with van der Waals surface area (Å²) in [7, 11) is -3.57. The third-order valence-corrected chi connectivity index (χ3v) is 8.09. The highest BCUT2D eigenvalue weighted by molar-refractivity contribution is 8.42. The third-order valence-electron chi connectivity index (χ3n) is 5.51. The van der Waals surface area contributed by atoms with Crippen LogP contribution < -0.4 is 0 Å². The summed E-state index contributed by atoms with van der Waals surface area (Å²) in [4.78, 5) is 16.6. The molecule has 5 rings (SSSR count). The lowest BCUT2D eigenvalue weighted by Gasteiger charge is -2.20. The Hall–Kier alpha value is -3.50. The van der Waals surface area contributed by atoms with Gasteiger partial charge in [-0.1, -0.05) is 30.3 Å². The zero-order valence-electron chi connectivity index (χ0n) is 18.0. The molecule has 0 bridgehead atoms. The molecule has 8 nitrogen and oxygen atoms in total. The molecule has 0 radical (unpaired) electrons. The summed E-state index contributed by atoms with van der Waals surface area (Å²) in [5.74, 6) is -0.800. The van der Waals surface area contributed by atoms with Gasteiger partial charge in [0, 0.05) is 23.3 Å². The number of hydrogen-bond donors (Lipinski definition) is 1. The number of aryl methyl sites for hydroxylation is 1. The van der Waals surface area contributed by atoms with Crippen molar-refractivity contribution in [1.82, 2.24) is 9.58 Å². The summed E-state index contributed by atoms with van der Waals surface area (Å²) in [6.45, 7) is 3.93. The van der Waals surface area contributed by atoms with Crippen LogP contribution in [0.2, 0.25) is 0 Å². The molecule has 33 heavy (non-hydrogen) atoms. The number of nitrogens with zero attached hydrogens (tertiary/aromatic N) is 4. The fourth-order valence-electron chi connectivity index (χ4n) is 3.93. The van der Waals surface area contributed by atoms with Crippen LogP contribution in [-0.4, -0.2) is 45.5 Å². The zero-order chi connectivity index (χ0) is 23.5. The van der Waals surface area contributed by atoms with E-state index >= 15 is 0 Å². The first-order valence-corrected chi connectivity index (χ1v) is 12.7. The quantitative estimate of drug-likeness (QED) is 0.564. The van der Waals surface area contributed by atoms with Gasteiger partial charge in [-0.05, 0) is 66.2 Å². The van der Waals surface area contributed by atoms with Gasteiger partial charge < -0.3 is 4.57 Å². The number of thioether (sulfide) groups is 1. The van der Waals surface area contributed by atoms with Gasteiger partial charge in [-0.15, -0.1) is 5.10 Å². The van der Waals surface area contributed by atoms with E-state index in [2.05, 4.69) is 38.9 Å². The van der Waals surface area contributed by atoms with Crippen LogP contribution in [0.4, 0.5) is 0 Å². The lowest BCUT2D eigenvalue weighted by atomic mass is 10.1. The molecular formula is C23H19N5O3S2. The maximum atomic E-state index is 12.7. The van der Waals surface area contributed by atoms with Gasteiger partial charge in [-0.3, -0.25) is 10.2 Å². The number of hydrazone groups is 1. The summed E-state index contributed by atoms with van der Waals surface area (Å²) in [6.07, 6.45) is 2.64. The first kappa shape index (κ1) is 21.4. The van der Waals surface area contributed by atoms with Crippen molar-refractivity contribution in [3.63, 3.8) is 0 Å². The summed E-state index contributed by atoms with van der Waals surface area (Å²) in [5.41, 5.74) is 3.70. The van der Waals surface area contributed by atoms with Gasteiger partial charge in [-0.2, -0.15) is 10.0 Å². The molecule has 1 aromatic heterocycles. The number of amidine groups is 2. The molecule has 0 saturated heterocycles. The summed E-state index contributed by atoms with van der Waals surface area (Å²) >= 11 is 0.770. The van der Waals surface area contributed by atoms with Crippen LogP contribution in [0, 0.1) is 19.3 Å². The monoisotopic (exact) mass is 477 g/mol. The van der Waals surface area contributed by atoms with Gasteiger partial charge >= 0.3 is 0 Å². The lowest BCUT2D eigenvalue weighted by molar-refractivity contribution is -0.114. The Morgan fingerprint density at radius 2 is 1.79 bits per heavy atom. The van der Waals surface area contributed by atoms with Crippen LogP contribution in [0.1, 0.15) is 17.0 Å². The minimum absolute atomic E-state index is 0.0524. The molecule has 3 aromatic rings. The highest BCUT2D eigenvalue weighted by atomic mass is 32.3. The Morgan fingerprint density at radius 3 is 2.52 bits per heavy atom. The van der Waals surface area contributed by atoms with Crippen LogP contribution in [0.15, 0.2) is 64.2 Å². The van der Waals surface area contributed by atoms with Gasteiger partial charge in [0.2, 0.25) is 19.4 Å². The molecule has 0 atom stereocenters. The van der Waals surface area contributed by atoms with E-state index in [-0.39, 0.29) is 21.0 Å². The molecule has 1 N–H and O–H groups in total. The second kappa shape index (κ2) is 7.53. The van der Waals surface area contributed by atoms with Crippen molar-refractivity contribution in [3.05, 3.63) is 71.1 Å². The van der Waals surface area contributed by atoms with E-state index in [1.165, 1.54) is 0 Å². The topological polar surface area (TPSA) is 108 Å². The fourth-order valence-corrected chi connectivity index (χ4v) is 5.61. The number of aliphatic imine (C=N–C) groups is 1. The van der Waals surface area contributed by atoms with Gasteiger partial charge in [0.05, 0.1) is 5.57 Å². The first-order chi connectivity index (χ1) is 15.6. The predicted molar refractivity (Wildman–Crippen MR) is 133 cm³/mol. The van der Waals surface area contributed by atoms with Gasteiger partial charge in [0.25, 0.3) is 5.91 Å². The SMILES string of the molecule is Cc1cc(/C=C2\C(=N)N3N=C(S(C)(=O)=O)SC3=NC2=O)c(C)n1-c1ccc2ccccc2c1. The number of benzene rings is 2. The van der Waals surface area contributed by atoms with E-state index in [4.69, 9.17) is 5.41 Å². The Balaban J connectivity index is 1.56. The van der Waals surface area contributed by atoms with Gasteiger partial charge in [-0.25, -0.2) is 8.42 Å². The average molecular weight is 478 g/mol. The molecule has 0 unspecified atom stereocenters. The first-order valence-electron chi connectivity index (χ1n) is 10.0. The minimum Gasteiger partial charge on any atom is -0.318 e. The Labute approximate surface area is 194 Å². The van der Waals surface area contributed by atoms with E-state index in [1.807, 2.05) is 38.1 Å². The molecule has 0 spiro atoms. The Morgan fingerprint density at radius 1 is 1.06 bits per heavy atom. The van der Waals surface area contributed by atoms with Gasteiger partial charge in [0.15, 0.2) is 5.84 Å². The largest absolute Gasteiger partial charge is 0.318 e. The van der Waals surface area contributed by atoms with Crippen molar-refractivity contribution in [2.45, 2.75) is 13.8 Å². The molecular weight excluding hydrogens is 458 g/mol. The van der Waals surface area contributed by atoms with Crippen molar-refractivity contribution in [2.75, 3.05) is 6.26 Å². The minimum atomic E-state index is -3.57. The van der Waals surface area contributed by atoms with E-state index in [0.717, 1.165) is 56.4 Å². The third kappa shape index (κ3) is 3.61. The van der Waals surface area contributed by atoms with Crippen LogP contribution >= 0.6 is 11.8 Å². The second-order valence-corrected chi connectivity index (χ2v) is 11.0. The van der Waals surface area contributed by atoms with E-state index < -0.39 is 15.7 Å². The fraction of sp³-hybridized carbons (Fsp3) is 0.130. The smallest absolute Gasteiger partial charge is 0.283 e. The summed E-state index contributed by atoms with van der Waals surface area (Å²) < 4.78 is 25.6. The maximum absolute atomic E-state index is 12.7. The molecule has 3 heterocycles. The molecule has 2 aliphatic rings. The van der Waals surface area contributed by atoms with Crippen molar-refractivity contribution < 1.29 is 13.2 Å². The number of amides is 1. The van der Waals surface area contributed by atoms with Crippen molar-refractivity contribution in [3.8, 4) is 5.69 Å². The predicted octanol–water partition coefficient (Wildman–Crippen LogP) is 3.87. The normalized spacial score (nSPS) is 17.5.